The minimum absolute atomic E-state index is 0.112. The summed E-state index contributed by atoms with van der Waals surface area (Å²) < 4.78 is 14.8. The summed E-state index contributed by atoms with van der Waals surface area (Å²) in [6, 6.07) is 0. The Bertz CT molecular complexity index is 329. The van der Waals surface area contributed by atoms with E-state index in [1.165, 1.54) is 13.8 Å². The third-order valence-corrected chi connectivity index (χ3v) is 2.89. The average molecular weight is 309 g/mol. The molecule has 0 N–H and O–H groups in total. The quantitative estimate of drug-likeness (QED) is 0.430. The summed E-state index contributed by atoms with van der Waals surface area (Å²) in [7, 11) is 0. The number of rotatable bonds is 3. The van der Waals surface area contributed by atoms with E-state index in [-0.39, 0.29) is 6.61 Å². The lowest BCUT2D eigenvalue weighted by atomic mass is 10.1. The van der Waals surface area contributed by atoms with Crippen LogP contribution >= 0.6 is 15.9 Å². The normalized spacial score (nSPS) is 28.2. The van der Waals surface area contributed by atoms with Crippen molar-refractivity contribution in [2.45, 2.75) is 37.3 Å². The maximum absolute atomic E-state index is 11.3. The second-order valence-electron chi connectivity index (χ2n) is 3.63. The first-order valence-electron chi connectivity index (χ1n) is 5.05. The number of carbonyl (C=O) groups excluding carboxylic acids is 3. The lowest BCUT2D eigenvalue weighted by Gasteiger charge is -2.32. The minimum Gasteiger partial charge on any atom is -0.462 e. The van der Waals surface area contributed by atoms with Gasteiger partial charge in [-0.25, -0.2) is 0 Å². The molecule has 2 unspecified atom stereocenters. The Morgan fingerprint density at radius 3 is 2.59 bits per heavy atom. The van der Waals surface area contributed by atoms with Crippen LogP contribution in [0.15, 0.2) is 0 Å². The topological polar surface area (TPSA) is 78.9 Å². The first kappa shape index (κ1) is 14.0. The highest BCUT2D eigenvalue weighted by molar-refractivity contribution is 9.10. The molecule has 0 aliphatic carbocycles. The molecule has 0 radical (unpaired) electrons. The van der Waals surface area contributed by atoms with Crippen molar-refractivity contribution in [2.24, 2.45) is 0 Å². The zero-order valence-corrected chi connectivity index (χ0v) is 11.1. The predicted octanol–water partition coefficient (Wildman–Crippen LogP) is 0.560. The van der Waals surface area contributed by atoms with Gasteiger partial charge in [-0.2, -0.15) is 0 Å². The van der Waals surface area contributed by atoms with Crippen molar-refractivity contribution >= 4 is 33.8 Å². The van der Waals surface area contributed by atoms with Crippen LogP contribution in [0.1, 0.15) is 20.3 Å². The van der Waals surface area contributed by atoms with Gasteiger partial charge in [-0.3, -0.25) is 14.4 Å². The minimum atomic E-state index is -0.746. The Morgan fingerprint density at radius 2 is 2.06 bits per heavy atom. The van der Waals surface area contributed by atoms with E-state index in [0.29, 0.717) is 6.42 Å². The number of ether oxygens (including phenoxy) is 3. The van der Waals surface area contributed by atoms with Crippen molar-refractivity contribution in [1.29, 1.82) is 0 Å². The van der Waals surface area contributed by atoms with E-state index in [2.05, 4.69) is 15.9 Å². The van der Waals surface area contributed by atoms with Crippen LogP contribution in [0.2, 0.25) is 0 Å². The molecule has 1 fully saturated rings. The van der Waals surface area contributed by atoms with Crippen molar-refractivity contribution in [3.05, 3.63) is 0 Å². The average Bonchev–Trinajstić information content (AvgIpc) is 2.20. The first-order valence-corrected chi connectivity index (χ1v) is 5.97. The molecule has 96 valence electrons. The van der Waals surface area contributed by atoms with E-state index in [9.17, 15) is 14.4 Å². The van der Waals surface area contributed by atoms with Gasteiger partial charge < -0.3 is 14.2 Å². The van der Waals surface area contributed by atoms with Crippen LogP contribution in [-0.4, -0.2) is 41.5 Å². The molecule has 0 saturated carbocycles. The van der Waals surface area contributed by atoms with Crippen LogP contribution in [0.25, 0.3) is 0 Å². The molecule has 0 aromatic carbocycles. The van der Waals surface area contributed by atoms with Crippen LogP contribution in [0.3, 0.4) is 0 Å². The third kappa shape index (κ3) is 4.33. The molecule has 0 amide bonds. The standard InChI is InChI=1S/C10H13BrO6/c1-5(12)15-4-9-8(16-6(2)13)3-7(11)10(14)17-9/h7-9H,3-4H2,1-2H3/t7?,8-,9?/m0/s1. The van der Waals surface area contributed by atoms with E-state index >= 15 is 0 Å². The fourth-order valence-electron chi connectivity index (χ4n) is 1.43. The summed E-state index contributed by atoms with van der Waals surface area (Å²) in [5.41, 5.74) is 0. The van der Waals surface area contributed by atoms with Gasteiger partial charge in [0.05, 0.1) is 0 Å². The third-order valence-electron chi connectivity index (χ3n) is 2.15. The lowest BCUT2D eigenvalue weighted by Crippen LogP contribution is -2.47. The number of halogens is 1. The van der Waals surface area contributed by atoms with Gasteiger partial charge in [-0.05, 0) is 0 Å². The molecule has 7 heteroatoms. The molecule has 0 aromatic rings. The van der Waals surface area contributed by atoms with Gasteiger partial charge in [0.15, 0.2) is 6.10 Å². The Kier molecular flexibility index (Phi) is 4.92. The molecule has 1 aliphatic rings. The van der Waals surface area contributed by atoms with Gasteiger partial charge in [0.25, 0.3) is 0 Å². The first-order chi connectivity index (χ1) is 7.90. The fourth-order valence-corrected chi connectivity index (χ4v) is 1.91. The zero-order valence-electron chi connectivity index (χ0n) is 9.47. The SMILES string of the molecule is CC(=O)OCC1OC(=O)C(Br)C[C@@H]1OC(C)=O. The molecule has 0 bridgehead atoms. The van der Waals surface area contributed by atoms with E-state index in [4.69, 9.17) is 14.2 Å². The van der Waals surface area contributed by atoms with Crippen LogP contribution in [0, 0.1) is 0 Å². The number of hydrogen-bond donors (Lipinski definition) is 0. The monoisotopic (exact) mass is 308 g/mol. The molecule has 6 nitrogen and oxygen atoms in total. The summed E-state index contributed by atoms with van der Waals surface area (Å²) in [6.07, 6.45) is -1.05. The van der Waals surface area contributed by atoms with Gasteiger partial charge in [0, 0.05) is 20.3 Å². The van der Waals surface area contributed by atoms with Crippen LogP contribution in [-0.2, 0) is 28.6 Å². The fraction of sp³-hybridized carbons (Fsp3) is 0.700. The Hall–Kier alpha value is -1.11. The molecular weight excluding hydrogens is 296 g/mol. The van der Waals surface area contributed by atoms with Gasteiger partial charge in [0.1, 0.15) is 17.5 Å². The number of hydrogen-bond acceptors (Lipinski definition) is 6. The zero-order chi connectivity index (χ0) is 13.0. The maximum Gasteiger partial charge on any atom is 0.320 e. The summed E-state index contributed by atoms with van der Waals surface area (Å²) in [4.78, 5) is 32.4. The molecule has 0 spiro atoms. The highest BCUT2D eigenvalue weighted by atomic mass is 79.9. The highest BCUT2D eigenvalue weighted by Crippen LogP contribution is 2.24. The molecule has 0 aromatic heterocycles. The molecule has 1 aliphatic heterocycles. The summed E-state index contributed by atoms with van der Waals surface area (Å²) in [6.45, 7) is 2.40. The number of carbonyl (C=O) groups is 3. The number of esters is 3. The van der Waals surface area contributed by atoms with Crippen LogP contribution in [0.4, 0.5) is 0 Å². The Morgan fingerprint density at radius 1 is 1.41 bits per heavy atom. The molecular formula is C10H13BrO6. The van der Waals surface area contributed by atoms with Crippen molar-refractivity contribution in [3.63, 3.8) is 0 Å². The van der Waals surface area contributed by atoms with E-state index in [1.54, 1.807) is 0 Å². The van der Waals surface area contributed by atoms with Crippen molar-refractivity contribution in [2.75, 3.05) is 6.61 Å². The van der Waals surface area contributed by atoms with Crippen molar-refractivity contribution in [3.8, 4) is 0 Å². The largest absolute Gasteiger partial charge is 0.462 e. The predicted molar refractivity (Wildman–Crippen MR) is 59.4 cm³/mol. The maximum atomic E-state index is 11.3. The summed E-state index contributed by atoms with van der Waals surface area (Å²) >= 11 is 3.12. The second kappa shape index (κ2) is 6.00. The van der Waals surface area contributed by atoms with Crippen LogP contribution < -0.4 is 0 Å². The summed E-state index contributed by atoms with van der Waals surface area (Å²) in [5, 5.41) is 0. The van der Waals surface area contributed by atoms with E-state index in [1.807, 2.05) is 0 Å². The molecule has 1 heterocycles. The van der Waals surface area contributed by atoms with E-state index < -0.39 is 34.9 Å². The Labute approximate surface area is 107 Å². The molecule has 1 rings (SSSR count). The van der Waals surface area contributed by atoms with Gasteiger partial charge in [-0.1, -0.05) is 15.9 Å². The van der Waals surface area contributed by atoms with Crippen molar-refractivity contribution in [1.82, 2.24) is 0 Å². The number of cyclic esters (lactones) is 1. The Balaban J connectivity index is 2.63. The lowest BCUT2D eigenvalue weighted by molar-refractivity contribution is -0.182. The smallest absolute Gasteiger partial charge is 0.320 e. The molecule has 3 atom stereocenters. The molecule has 17 heavy (non-hydrogen) atoms. The van der Waals surface area contributed by atoms with E-state index in [0.717, 1.165) is 0 Å². The number of alkyl halides is 1. The van der Waals surface area contributed by atoms with Crippen LogP contribution in [0.5, 0.6) is 0 Å². The second-order valence-corrected chi connectivity index (χ2v) is 4.73. The summed E-state index contributed by atoms with van der Waals surface area (Å²) in [5.74, 6) is -1.41. The van der Waals surface area contributed by atoms with Gasteiger partial charge in [0.2, 0.25) is 0 Å². The van der Waals surface area contributed by atoms with Crippen molar-refractivity contribution < 1.29 is 28.6 Å². The molecule has 1 saturated heterocycles. The van der Waals surface area contributed by atoms with Gasteiger partial charge >= 0.3 is 17.9 Å². The highest BCUT2D eigenvalue weighted by Gasteiger charge is 2.39. The van der Waals surface area contributed by atoms with Gasteiger partial charge in [-0.15, -0.1) is 0 Å².